The van der Waals surface area contributed by atoms with Gasteiger partial charge in [-0.25, -0.2) is 12.8 Å². The van der Waals surface area contributed by atoms with Gasteiger partial charge in [0.1, 0.15) is 22.6 Å². The van der Waals surface area contributed by atoms with Gasteiger partial charge in [0.2, 0.25) is 0 Å². The molecule has 1 heterocycles. The van der Waals surface area contributed by atoms with Crippen LogP contribution in [0.1, 0.15) is 0 Å². The average Bonchev–Trinajstić information content (AvgIpc) is 2.87. The summed E-state index contributed by atoms with van der Waals surface area (Å²) in [4.78, 5) is 0.0125. The van der Waals surface area contributed by atoms with Gasteiger partial charge in [-0.1, -0.05) is 23.7 Å². The first kappa shape index (κ1) is 13.9. The third-order valence-electron chi connectivity index (χ3n) is 2.91. The molecule has 3 aromatic rings. The molecule has 0 spiro atoms. The molecule has 0 atom stereocenters. The molecule has 108 valence electrons. The number of hydrogen-bond donors (Lipinski definition) is 1. The fourth-order valence-corrected chi connectivity index (χ4v) is 3.29. The molecule has 2 aromatic carbocycles. The molecule has 4 nitrogen and oxygen atoms in total. The van der Waals surface area contributed by atoms with Crippen LogP contribution in [0.2, 0.25) is 5.02 Å². The van der Waals surface area contributed by atoms with Gasteiger partial charge < -0.3 is 4.42 Å². The lowest BCUT2D eigenvalue weighted by molar-refractivity contribution is 0.587. The Morgan fingerprint density at radius 2 is 1.90 bits per heavy atom. The Labute approximate surface area is 125 Å². The number of fused-ring (bicyclic) bond motifs is 1. The average molecular weight is 326 g/mol. The third-order valence-corrected chi connectivity index (χ3v) is 4.60. The topological polar surface area (TPSA) is 59.3 Å². The van der Waals surface area contributed by atoms with Crippen LogP contribution in [0.5, 0.6) is 0 Å². The van der Waals surface area contributed by atoms with Crippen molar-refractivity contribution in [1.29, 1.82) is 0 Å². The highest BCUT2D eigenvalue weighted by Crippen LogP contribution is 2.27. The van der Waals surface area contributed by atoms with E-state index in [4.69, 9.17) is 16.0 Å². The second-order valence-electron chi connectivity index (χ2n) is 4.33. The predicted octanol–water partition coefficient (Wildman–Crippen LogP) is 4.03. The van der Waals surface area contributed by atoms with Crippen molar-refractivity contribution in [3.8, 4) is 0 Å². The first-order valence-electron chi connectivity index (χ1n) is 5.91. The van der Waals surface area contributed by atoms with Crippen LogP contribution in [0.4, 0.5) is 10.1 Å². The summed E-state index contributed by atoms with van der Waals surface area (Å²) < 4.78 is 45.4. The molecule has 0 fully saturated rings. The highest BCUT2D eigenvalue weighted by molar-refractivity contribution is 7.93. The monoisotopic (exact) mass is 325 g/mol. The Morgan fingerprint density at radius 3 is 2.67 bits per heavy atom. The number of benzene rings is 2. The zero-order chi connectivity index (χ0) is 15.0. The number of furan rings is 1. The minimum Gasteiger partial charge on any atom is -0.463 e. The summed E-state index contributed by atoms with van der Waals surface area (Å²) in [5.74, 6) is -0.617. The standard InChI is InChI=1S/C14H9ClFNO3S/c15-11-7-9(5-6-12(11)16)17-21(18,19)14-8-20-13-4-2-1-3-10(13)14/h1-8,17H. The Bertz CT molecular complexity index is 921. The summed E-state index contributed by atoms with van der Waals surface area (Å²) in [6.07, 6.45) is 1.16. The summed E-state index contributed by atoms with van der Waals surface area (Å²) in [6.45, 7) is 0. The number of anilines is 1. The molecule has 0 radical (unpaired) electrons. The van der Waals surface area contributed by atoms with Crippen molar-refractivity contribution in [2.75, 3.05) is 4.72 Å². The summed E-state index contributed by atoms with van der Waals surface area (Å²) in [5, 5.41) is 0.311. The lowest BCUT2D eigenvalue weighted by Gasteiger charge is -2.07. The molecule has 0 bridgehead atoms. The third kappa shape index (κ3) is 2.59. The second-order valence-corrected chi connectivity index (χ2v) is 6.39. The fourth-order valence-electron chi connectivity index (χ4n) is 1.93. The summed E-state index contributed by atoms with van der Waals surface area (Å²) in [6, 6.07) is 10.4. The van der Waals surface area contributed by atoms with E-state index in [9.17, 15) is 12.8 Å². The summed E-state index contributed by atoms with van der Waals surface area (Å²) in [5.41, 5.74) is 0.640. The lowest BCUT2D eigenvalue weighted by Crippen LogP contribution is -2.12. The maximum atomic E-state index is 13.1. The van der Waals surface area contributed by atoms with E-state index in [1.54, 1.807) is 24.3 Å². The molecule has 1 N–H and O–H groups in total. The van der Waals surface area contributed by atoms with Crippen molar-refractivity contribution in [1.82, 2.24) is 0 Å². The highest BCUT2D eigenvalue weighted by atomic mass is 35.5. The van der Waals surface area contributed by atoms with Crippen molar-refractivity contribution in [2.24, 2.45) is 0 Å². The molecule has 0 unspecified atom stereocenters. The number of sulfonamides is 1. The van der Waals surface area contributed by atoms with Gasteiger partial charge in [-0.2, -0.15) is 0 Å². The van der Waals surface area contributed by atoms with Gasteiger partial charge in [0, 0.05) is 5.39 Å². The Hall–Kier alpha value is -2.05. The minimum absolute atomic E-state index is 0.0125. The molecule has 0 saturated heterocycles. The fraction of sp³-hybridized carbons (Fsp3) is 0. The van der Waals surface area contributed by atoms with E-state index in [0.29, 0.717) is 11.0 Å². The number of rotatable bonds is 3. The summed E-state index contributed by atoms with van der Waals surface area (Å²) >= 11 is 5.63. The smallest absolute Gasteiger partial charge is 0.265 e. The van der Waals surface area contributed by atoms with E-state index in [-0.39, 0.29) is 15.6 Å². The van der Waals surface area contributed by atoms with Gasteiger partial charge in [0.15, 0.2) is 0 Å². The van der Waals surface area contributed by atoms with Crippen LogP contribution in [0, 0.1) is 5.82 Å². The number of halogens is 2. The van der Waals surface area contributed by atoms with Crippen molar-refractivity contribution >= 4 is 38.3 Å². The molecule has 0 aliphatic heterocycles. The number of para-hydroxylation sites is 1. The molecule has 0 saturated carbocycles. The zero-order valence-corrected chi connectivity index (χ0v) is 12.1. The van der Waals surface area contributed by atoms with Crippen LogP contribution in [-0.2, 0) is 10.0 Å². The lowest BCUT2D eigenvalue weighted by atomic mass is 10.3. The van der Waals surface area contributed by atoms with Gasteiger partial charge in [-0.3, -0.25) is 4.72 Å². The van der Waals surface area contributed by atoms with Crippen LogP contribution < -0.4 is 4.72 Å². The SMILES string of the molecule is O=S(=O)(Nc1ccc(F)c(Cl)c1)c1coc2ccccc12. The zero-order valence-electron chi connectivity index (χ0n) is 10.5. The predicted molar refractivity (Wildman–Crippen MR) is 78.4 cm³/mol. The Balaban J connectivity index is 2.02. The van der Waals surface area contributed by atoms with E-state index in [0.717, 1.165) is 12.3 Å². The minimum atomic E-state index is -3.85. The van der Waals surface area contributed by atoms with Gasteiger partial charge in [0.05, 0.1) is 10.7 Å². The van der Waals surface area contributed by atoms with Crippen LogP contribution >= 0.6 is 11.6 Å². The number of nitrogens with one attached hydrogen (secondary N) is 1. The van der Waals surface area contributed by atoms with Crippen LogP contribution in [0.15, 0.2) is 58.0 Å². The molecule has 0 aliphatic rings. The van der Waals surface area contributed by atoms with E-state index in [1.165, 1.54) is 12.1 Å². The largest absolute Gasteiger partial charge is 0.463 e. The first-order chi connectivity index (χ1) is 9.97. The van der Waals surface area contributed by atoms with Crippen LogP contribution in [0.25, 0.3) is 11.0 Å². The normalized spacial score (nSPS) is 11.7. The molecule has 1 aromatic heterocycles. The van der Waals surface area contributed by atoms with Gasteiger partial charge >= 0.3 is 0 Å². The summed E-state index contributed by atoms with van der Waals surface area (Å²) in [7, 11) is -3.85. The quantitative estimate of drug-likeness (QED) is 0.791. The maximum Gasteiger partial charge on any atom is 0.265 e. The molecule has 0 aliphatic carbocycles. The molecular formula is C14H9ClFNO3S. The van der Waals surface area contributed by atoms with Crippen molar-refractivity contribution in [3.05, 3.63) is 59.6 Å². The Kier molecular flexibility index (Phi) is 3.35. The van der Waals surface area contributed by atoms with Crippen molar-refractivity contribution < 1.29 is 17.2 Å². The highest BCUT2D eigenvalue weighted by Gasteiger charge is 2.20. The van der Waals surface area contributed by atoms with Gasteiger partial charge in [-0.05, 0) is 30.3 Å². The molecule has 21 heavy (non-hydrogen) atoms. The van der Waals surface area contributed by atoms with Crippen molar-refractivity contribution in [2.45, 2.75) is 4.90 Å². The first-order valence-corrected chi connectivity index (χ1v) is 7.77. The number of hydrogen-bond acceptors (Lipinski definition) is 3. The molecule has 3 rings (SSSR count). The van der Waals surface area contributed by atoms with E-state index in [2.05, 4.69) is 4.72 Å². The second kappa shape index (κ2) is 5.05. The van der Waals surface area contributed by atoms with Crippen LogP contribution in [0.3, 0.4) is 0 Å². The van der Waals surface area contributed by atoms with Gasteiger partial charge in [0.25, 0.3) is 10.0 Å². The van der Waals surface area contributed by atoms with E-state index >= 15 is 0 Å². The molecule has 7 heteroatoms. The molecular weight excluding hydrogens is 317 g/mol. The Morgan fingerprint density at radius 1 is 1.14 bits per heavy atom. The van der Waals surface area contributed by atoms with Gasteiger partial charge in [-0.15, -0.1) is 0 Å². The molecule has 0 amide bonds. The van der Waals surface area contributed by atoms with E-state index in [1.807, 2.05) is 0 Å². The maximum absolute atomic E-state index is 13.1. The van der Waals surface area contributed by atoms with E-state index < -0.39 is 15.8 Å². The van der Waals surface area contributed by atoms with Crippen molar-refractivity contribution in [3.63, 3.8) is 0 Å². The van der Waals surface area contributed by atoms with Crippen LogP contribution in [-0.4, -0.2) is 8.42 Å².